The average Bonchev–Trinajstić information content (AvgIpc) is 2.81. The van der Waals surface area contributed by atoms with Gasteiger partial charge < -0.3 is 5.32 Å². The van der Waals surface area contributed by atoms with Gasteiger partial charge in [-0.1, -0.05) is 35.4 Å². The van der Waals surface area contributed by atoms with E-state index < -0.39 is 0 Å². The molecule has 2 rings (SSSR count). The molecule has 0 fully saturated rings. The number of thiophene rings is 1. The first-order valence-corrected chi connectivity index (χ1v) is 7.97. The van der Waals surface area contributed by atoms with Gasteiger partial charge in [0.05, 0.1) is 4.21 Å². The minimum atomic E-state index is 0.413. The van der Waals surface area contributed by atoms with Gasteiger partial charge in [0.2, 0.25) is 0 Å². The van der Waals surface area contributed by atoms with E-state index >= 15 is 0 Å². The van der Waals surface area contributed by atoms with Crippen molar-refractivity contribution >= 4 is 23.1 Å². The van der Waals surface area contributed by atoms with Crippen molar-refractivity contribution in [3.8, 4) is 0 Å². The summed E-state index contributed by atoms with van der Waals surface area (Å²) in [7, 11) is 2.04. The van der Waals surface area contributed by atoms with Crippen LogP contribution in [0.2, 0.25) is 0 Å². The lowest BCUT2D eigenvalue weighted by molar-refractivity contribution is 0.661. The van der Waals surface area contributed by atoms with Gasteiger partial charge in [0.1, 0.15) is 0 Å². The summed E-state index contributed by atoms with van der Waals surface area (Å²) in [6.07, 6.45) is 0. The highest BCUT2D eigenvalue weighted by molar-refractivity contribution is 8.01. The minimum absolute atomic E-state index is 0.413. The van der Waals surface area contributed by atoms with Crippen LogP contribution >= 0.6 is 23.1 Å². The summed E-state index contributed by atoms with van der Waals surface area (Å²) in [4.78, 5) is 0. The van der Waals surface area contributed by atoms with E-state index in [9.17, 15) is 0 Å². The second-order valence-corrected chi connectivity index (χ2v) is 6.77. The normalized spacial score (nSPS) is 12.6. The predicted octanol–water partition coefficient (Wildman–Crippen LogP) is 4.42. The van der Waals surface area contributed by atoms with Crippen LogP contribution < -0.4 is 5.32 Å². The molecule has 18 heavy (non-hydrogen) atoms. The highest BCUT2D eigenvalue weighted by atomic mass is 32.2. The summed E-state index contributed by atoms with van der Waals surface area (Å²) in [5.41, 5.74) is 4.07. The number of thioether (sulfide) groups is 1. The summed E-state index contributed by atoms with van der Waals surface area (Å²) in [5.74, 6) is 1.07. The first-order chi connectivity index (χ1) is 8.69. The average molecular weight is 277 g/mol. The van der Waals surface area contributed by atoms with Crippen molar-refractivity contribution < 1.29 is 0 Å². The molecule has 1 heterocycles. The van der Waals surface area contributed by atoms with Crippen molar-refractivity contribution in [1.82, 2.24) is 5.32 Å². The lowest BCUT2D eigenvalue weighted by atomic mass is 10.0. The third-order valence-corrected chi connectivity index (χ3v) is 5.11. The number of hydrogen-bond donors (Lipinski definition) is 1. The molecule has 0 saturated carbocycles. The number of hydrogen-bond acceptors (Lipinski definition) is 3. The van der Waals surface area contributed by atoms with Crippen molar-refractivity contribution in [3.63, 3.8) is 0 Å². The topological polar surface area (TPSA) is 12.0 Å². The second kappa shape index (κ2) is 6.41. The zero-order valence-electron chi connectivity index (χ0n) is 11.1. The van der Waals surface area contributed by atoms with Crippen LogP contribution in [-0.4, -0.2) is 12.8 Å². The highest BCUT2D eigenvalue weighted by Gasteiger charge is 2.10. The molecule has 2 aromatic rings. The van der Waals surface area contributed by atoms with Crippen molar-refractivity contribution in [2.24, 2.45) is 0 Å². The SMILES string of the molecule is CNC(CSc1cccs1)c1cc(C)cc(C)c1. The lowest BCUT2D eigenvalue weighted by Gasteiger charge is -2.17. The van der Waals surface area contributed by atoms with Gasteiger partial charge in [0.25, 0.3) is 0 Å². The van der Waals surface area contributed by atoms with Crippen LogP contribution in [0.3, 0.4) is 0 Å². The van der Waals surface area contributed by atoms with Crippen LogP contribution in [0.4, 0.5) is 0 Å². The molecule has 0 radical (unpaired) electrons. The van der Waals surface area contributed by atoms with E-state index in [0.29, 0.717) is 6.04 Å². The van der Waals surface area contributed by atoms with Crippen LogP contribution in [0.15, 0.2) is 39.9 Å². The third-order valence-electron chi connectivity index (χ3n) is 2.88. The van der Waals surface area contributed by atoms with E-state index in [1.807, 2.05) is 30.1 Å². The molecule has 1 unspecified atom stereocenters. The summed E-state index contributed by atoms with van der Waals surface area (Å²) in [6.45, 7) is 4.32. The largest absolute Gasteiger partial charge is 0.312 e. The first kappa shape index (κ1) is 13.7. The predicted molar refractivity (Wildman–Crippen MR) is 82.8 cm³/mol. The molecule has 0 saturated heterocycles. The van der Waals surface area contributed by atoms with Gasteiger partial charge >= 0.3 is 0 Å². The zero-order valence-corrected chi connectivity index (χ0v) is 12.7. The van der Waals surface area contributed by atoms with Gasteiger partial charge in [-0.05, 0) is 37.9 Å². The fraction of sp³-hybridized carbons (Fsp3) is 0.333. The molecule has 0 aliphatic carbocycles. The van der Waals surface area contributed by atoms with Crippen molar-refractivity contribution in [2.75, 3.05) is 12.8 Å². The van der Waals surface area contributed by atoms with Crippen LogP contribution in [0.5, 0.6) is 0 Å². The molecular weight excluding hydrogens is 258 g/mol. The van der Waals surface area contributed by atoms with E-state index in [1.54, 1.807) is 0 Å². The molecule has 1 atom stereocenters. The molecule has 0 aliphatic heterocycles. The van der Waals surface area contributed by atoms with E-state index in [0.717, 1.165) is 5.75 Å². The van der Waals surface area contributed by atoms with Crippen molar-refractivity contribution in [3.05, 3.63) is 52.4 Å². The fourth-order valence-electron chi connectivity index (χ4n) is 2.07. The van der Waals surface area contributed by atoms with E-state index in [4.69, 9.17) is 0 Å². The summed E-state index contributed by atoms with van der Waals surface area (Å²) in [6, 6.07) is 11.5. The van der Waals surface area contributed by atoms with Gasteiger partial charge in [-0.15, -0.1) is 23.1 Å². The van der Waals surface area contributed by atoms with E-state index in [1.165, 1.54) is 20.9 Å². The van der Waals surface area contributed by atoms with Crippen molar-refractivity contribution in [1.29, 1.82) is 0 Å². The Kier molecular flexibility index (Phi) is 4.87. The lowest BCUT2D eigenvalue weighted by Crippen LogP contribution is -2.18. The molecule has 0 spiro atoms. The Morgan fingerprint density at radius 1 is 1.22 bits per heavy atom. The van der Waals surface area contributed by atoms with E-state index in [2.05, 4.69) is 54.9 Å². The monoisotopic (exact) mass is 277 g/mol. The summed E-state index contributed by atoms with van der Waals surface area (Å²) >= 11 is 3.73. The molecule has 3 heteroatoms. The standard InChI is InChI=1S/C15H19NS2/c1-11-7-12(2)9-13(8-11)14(16-3)10-18-15-5-4-6-17-15/h4-9,14,16H,10H2,1-3H3. The first-order valence-electron chi connectivity index (χ1n) is 6.11. The van der Waals surface area contributed by atoms with E-state index in [-0.39, 0.29) is 0 Å². The van der Waals surface area contributed by atoms with Crippen LogP contribution in [0, 0.1) is 13.8 Å². The Morgan fingerprint density at radius 2 is 1.94 bits per heavy atom. The van der Waals surface area contributed by atoms with Crippen LogP contribution in [0.25, 0.3) is 0 Å². The van der Waals surface area contributed by atoms with Gasteiger partial charge in [-0.3, -0.25) is 0 Å². The highest BCUT2D eigenvalue weighted by Crippen LogP contribution is 2.28. The molecule has 0 bridgehead atoms. The Bertz CT molecular complexity index is 471. The molecule has 1 nitrogen and oxygen atoms in total. The molecule has 96 valence electrons. The van der Waals surface area contributed by atoms with Gasteiger partial charge in [0, 0.05) is 11.8 Å². The Balaban J connectivity index is 2.07. The smallest absolute Gasteiger partial charge is 0.0599 e. The third kappa shape index (κ3) is 3.61. The molecule has 1 N–H and O–H groups in total. The molecule has 1 aromatic carbocycles. The number of benzene rings is 1. The van der Waals surface area contributed by atoms with Gasteiger partial charge in [-0.25, -0.2) is 0 Å². The number of nitrogens with one attached hydrogen (secondary N) is 1. The zero-order chi connectivity index (χ0) is 13.0. The fourth-order valence-corrected chi connectivity index (χ4v) is 4.02. The van der Waals surface area contributed by atoms with Crippen LogP contribution in [0.1, 0.15) is 22.7 Å². The maximum atomic E-state index is 3.42. The van der Waals surface area contributed by atoms with Gasteiger partial charge in [0.15, 0.2) is 0 Å². The number of aryl methyl sites for hydroxylation is 2. The molecule has 0 amide bonds. The summed E-state index contributed by atoms with van der Waals surface area (Å²) in [5, 5.41) is 5.55. The Hall–Kier alpha value is -0.770. The van der Waals surface area contributed by atoms with Gasteiger partial charge in [-0.2, -0.15) is 0 Å². The molecule has 0 aliphatic rings. The minimum Gasteiger partial charge on any atom is -0.312 e. The number of rotatable bonds is 5. The quantitative estimate of drug-likeness (QED) is 0.812. The summed E-state index contributed by atoms with van der Waals surface area (Å²) < 4.78 is 1.39. The Morgan fingerprint density at radius 3 is 2.50 bits per heavy atom. The maximum Gasteiger partial charge on any atom is 0.0599 e. The molecular formula is C15H19NS2. The van der Waals surface area contributed by atoms with Crippen molar-refractivity contribution in [2.45, 2.75) is 24.1 Å². The van der Waals surface area contributed by atoms with Crippen LogP contribution in [-0.2, 0) is 0 Å². The second-order valence-electron chi connectivity index (χ2n) is 4.51. The Labute approximate surface area is 118 Å². The molecule has 1 aromatic heterocycles. The maximum absolute atomic E-state index is 3.42.